The topological polar surface area (TPSA) is 35.2 Å². The number of hydrogen-bond acceptors (Lipinski definition) is 2. The molecule has 1 fully saturated rings. The zero-order chi connectivity index (χ0) is 12.8. The lowest BCUT2D eigenvalue weighted by molar-refractivity contribution is 0.357. The van der Waals surface area contributed by atoms with Gasteiger partial charge in [0.15, 0.2) is 0 Å². The van der Waals surface area contributed by atoms with Gasteiger partial charge in [0.25, 0.3) is 0 Å². The van der Waals surface area contributed by atoms with Crippen molar-refractivity contribution in [2.45, 2.75) is 44.6 Å². The molecule has 1 saturated carbocycles. The fraction of sp³-hybridized carbons (Fsp3) is 0.571. The number of hydrogen-bond donors (Lipinski definition) is 1. The van der Waals surface area contributed by atoms with Crippen molar-refractivity contribution in [3.63, 3.8) is 0 Å². The third kappa shape index (κ3) is 1.82. The summed E-state index contributed by atoms with van der Waals surface area (Å²) < 4.78 is 19.1. The summed E-state index contributed by atoms with van der Waals surface area (Å²) in [7, 11) is 1.62. The Morgan fingerprint density at radius 3 is 2.35 bits per heavy atom. The summed E-state index contributed by atoms with van der Waals surface area (Å²) in [6.45, 7) is 5.74. The van der Waals surface area contributed by atoms with E-state index in [1.54, 1.807) is 26.2 Å². The minimum absolute atomic E-state index is 0.132. The Morgan fingerprint density at radius 2 is 1.94 bits per heavy atom. The second kappa shape index (κ2) is 3.70. The quantitative estimate of drug-likeness (QED) is 0.877. The zero-order valence-electron chi connectivity index (χ0n) is 10.9. The summed E-state index contributed by atoms with van der Waals surface area (Å²) in [4.78, 5) is 0. The van der Waals surface area contributed by atoms with Crippen LogP contribution < -0.4 is 10.5 Å². The average molecular weight is 237 g/mol. The summed E-state index contributed by atoms with van der Waals surface area (Å²) in [6, 6.07) is 3.35. The predicted molar refractivity (Wildman–Crippen MR) is 66.9 cm³/mol. The van der Waals surface area contributed by atoms with Crippen LogP contribution in [0.1, 0.15) is 37.8 Å². The van der Waals surface area contributed by atoms with E-state index in [0.717, 1.165) is 24.2 Å². The van der Waals surface area contributed by atoms with Gasteiger partial charge in [0.2, 0.25) is 0 Å². The molecule has 94 valence electrons. The van der Waals surface area contributed by atoms with Crippen molar-refractivity contribution in [2.24, 2.45) is 5.73 Å². The average Bonchev–Trinajstić information content (AvgIpc) is 3.01. The molecule has 1 aromatic carbocycles. The second-order valence-corrected chi connectivity index (χ2v) is 5.61. The van der Waals surface area contributed by atoms with Gasteiger partial charge in [-0.3, -0.25) is 0 Å². The van der Waals surface area contributed by atoms with Gasteiger partial charge in [0, 0.05) is 16.5 Å². The standard InChI is InChI=1S/C14H20FNO/c1-9-7-12(17-4)10(8-11(9)15)14(5-6-14)13(2,3)16/h7-8H,5-6,16H2,1-4H3. The van der Waals surface area contributed by atoms with Crippen LogP contribution >= 0.6 is 0 Å². The van der Waals surface area contributed by atoms with Crippen LogP contribution in [0.25, 0.3) is 0 Å². The molecule has 0 spiro atoms. The van der Waals surface area contributed by atoms with Gasteiger partial charge in [-0.25, -0.2) is 4.39 Å². The largest absolute Gasteiger partial charge is 0.496 e. The van der Waals surface area contributed by atoms with Crippen LogP contribution in [0.4, 0.5) is 4.39 Å². The Hall–Kier alpha value is -1.09. The van der Waals surface area contributed by atoms with E-state index >= 15 is 0 Å². The van der Waals surface area contributed by atoms with Crippen molar-refractivity contribution >= 4 is 0 Å². The lowest BCUT2D eigenvalue weighted by atomic mass is 9.78. The number of rotatable bonds is 3. The Balaban J connectivity index is 2.56. The van der Waals surface area contributed by atoms with Crippen molar-refractivity contribution < 1.29 is 9.13 Å². The lowest BCUT2D eigenvalue weighted by Crippen LogP contribution is -2.45. The van der Waals surface area contributed by atoms with E-state index in [1.807, 2.05) is 13.8 Å². The van der Waals surface area contributed by atoms with Crippen molar-refractivity contribution in [3.8, 4) is 5.75 Å². The molecular formula is C14H20FNO. The van der Waals surface area contributed by atoms with E-state index in [4.69, 9.17) is 10.5 Å². The highest BCUT2D eigenvalue weighted by Gasteiger charge is 2.55. The molecule has 0 saturated heterocycles. The first-order chi connectivity index (χ1) is 7.82. The molecule has 0 bridgehead atoms. The van der Waals surface area contributed by atoms with Crippen molar-refractivity contribution in [3.05, 3.63) is 29.1 Å². The Labute approximate surface area is 102 Å². The van der Waals surface area contributed by atoms with Crippen LogP contribution in [0.5, 0.6) is 5.75 Å². The molecule has 0 aliphatic heterocycles. The number of halogens is 1. The number of methoxy groups -OCH3 is 1. The van der Waals surface area contributed by atoms with Crippen LogP contribution in [0, 0.1) is 12.7 Å². The van der Waals surface area contributed by atoms with Crippen LogP contribution in [-0.4, -0.2) is 12.6 Å². The molecular weight excluding hydrogens is 217 g/mol. The third-order valence-electron chi connectivity index (χ3n) is 3.98. The molecule has 0 amide bonds. The molecule has 1 aliphatic carbocycles. The van der Waals surface area contributed by atoms with Gasteiger partial charge in [-0.15, -0.1) is 0 Å². The molecule has 17 heavy (non-hydrogen) atoms. The highest BCUT2D eigenvalue weighted by molar-refractivity contribution is 5.48. The summed E-state index contributed by atoms with van der Waals surface area (Å²) in [5, 5.41) is 0. The molecule has 2 nitrogen and oxygen atoms in total. The first-order valence-electron chi connectivity index (χ1n) is 5.95. The van der Waals surface area contributed by atoms with Gasteiger partial charge in [0.05, 0.1) is 7.11 Å². The van der Waals surface area contributed by atoms with Crippen LogP contribution in [0.15, 0.2) is 12.1 Å². The summed E-state index contributed by atoms with van der Waals surface area (Å²) in [5.74, 6) is 0.566. The molecule has 3 heteroatoms. The monoisotopic (exact) mass is 237 g/mol. The number of ether oxygens (including phenoxy) is 1. The number of benzene rings is 1. The van der Waals surface area contributed by atoms with Gasteiger partial charge < -0.3 is 10.5 Å². The van der Waals surface area contributed by atoms with Crippen LogP contribution in [0.2, 0.25) is 0 Å². The molecule has 0 aromatic heterocycles. The minimum atomic E-state index is -0.359. The van der Waals surface area contributed by atoms with Gasteiger partial charge in [-0.05, 0) is 51.3 Å². The van der Waals surface area contributed by atoms with Crippen LogP contribution in [-0.2, 0) is 5.41 Å². The SMILES string of the molecule is COc1cc(C)c(F)cc1C1(C(C)(C)N)CC1. The summed E-state index contributed by atoms with van der Waals surface area (Å²) in [6.07, 6.45) is 1.99. The lowest BCUT2D eigenvalue weighted by Gasteiger charge is -2.32. The molecule has 0 atom stereocenters. The zero-order valence-corrected chi connectivity index (χ0v) is 10.9. The maximum absolute atomic E-state index is 13.7. The fourth-order valence-electron chi connectivity index (χ4n) is 2.58. The molecule has 2 N–H and O–H groups in total. The van der Waals surface area contributed by atoms with E-state index < -0.39 is 0 Å². The van der Waals surface area contributed by atoms with Gasteiger partial charge in [-0.2, -0.15) is 0 Å². The fourth-order valence-corrected chi connectivity index (χ4v) is 2.58. The Kier molecular flexibility index (Phi) is 2.69. The number of nitrogens with two attached hydrogens (primary N) is 1. The normalized spacial score (nSPS) is 18.0. The van der Waals surface area contributed by atoms with Crippen molar-refractivity contribution in [2.75, 3.05) is 7.11 Å². The van der Waals surface area contributed by atoms with Crippen LogP contribution in [0.3, 0.4) is 0 Å². The smallest absolute Gasteiger partial charge is 0.126 e. The predicted octanol–water partition coefficient (Wildman–Crippen LogP) is 2.91. The number of aryl methyl sites for hydroxylation is 1. The maximum atomic E-state index is 13.7. The van der Waals surface area contributed by atoms with Crippen molar-refractivity contribution in [1.82, 2.24) is 0 Å². The highest BCUT2D eigenvalue weighted by atomic mass is 19.1. The molecule has 2 rings (SSSR count). The molecule has 1 aliphatic rings. The van der Waals surface area contributed by atoms with E-state index in [-0.39, 0.29) is 16.8 Å². The molecule has 0 unspecified atom stereocenters. The first-order valence-corrected chi connectivity index (χ1v) is 5.95. The Bertz CT molecular complexity index is 444. The van der Waals surface area contributed by atoms with E-state index in [9.17, 15) is 4.39 Å². The molecule has 0 heterocycles. The molecule has 0 radical (unpaired) electrons. The first kappa shape index (κ1) is 12.4. The van der Waals surface area contributed by atoms with E-state index in [2.05, 4.69) is 0 Å². The third-order valence-corrected chi connectivity index (χ3v) is 3.98. The van der Waals surface area contributed by atoms with E-state index in [1.165, 1.54) is 0 Å². The molecule has 1 aromatic rings. The van der Waals surface area contributed by atoms with Gasteiger partial charge in [-0.1, -0.05) is 0 Å². The highest BCUT2D eigenvalue weighted by Crippen LogP contribution is 2.57. The van der Waals surface area contributed by atoms with Gasteiger partial charge in [0.1, 0.15) is 11.6 Å². The van der Waals surface area contributed by atoms with Gasteiger partial charge >= 0.3 is 0 Å². The Morgan fingerprint density at radius 1 is 1.35 bits per heavy atom. The van der Waals surface area contributed by atoms with Crippen molar-refractivity contribution in [1.29, 1.82) is 0 Å². The summed E-state index contributed by atoms with van der Waals surface area (Å²) in [5.41, 5.74) is 7.27. The second-order valence-electron chi connectivity index (χ2n) is 5.61. The maximum Gasteiger partial charge on any atom is 0.126 e. The summed E-state index contributed by atoms with van der Waals surface area (Å²) >= 11 is 0. The minimum Gasteiger partial charge on any atom is -0.496 e. The van der Waals surface area contributed by atoms with E-state index in [0.29, 0.717) is 5.56 Å².